The Bertz CT molecular complexity index is 794. The van der Waals surface area contributed by atoms with E-state index in [9.17, 15) is 14.7 Å². The first kappa shape index (κ1) is 19.1. The van der Waals surface area contributed by atoms with E-state index in [1.54, 1.807) is 6.92 Å². The molecule has 28 heavy (non-hydrogen) atoms. The molecule has 1 aromatic carbocycles. The first-order valence-electron chi connectivity index (χ1n) is 10.2. The normalized spacial score (nSPS) is 30.2. The second-order valence-corrected chi connectivity index (χ2v) is 8.62. The number of benzene rings is 1. The minimum absolute atomic E-state index is 0.0668. The predicted octanol–water partition coefficient (Wildman–Crippen LogP) is 2.66. The average molecular weight is 386 g/mol. The third-order valence-electron chi connectivity index (χ3n) is 6.72. The molecular formula is C21H30N4O3. The van der Waals surface area contributed by atoms with E-state index in [-0.39, 0.29) is 30.0 Å². The molecule has 0 bridgehead atoms. The molecule has 0 radical (unpaired) electrons. The van der Waals surface area contributed by atoms with Crippen LogP contribution in [0.15, 0.2) is 18.2 Å². The lowest BCUT2D eigenvalue weighted by Crippen LogP contribution is -2.54. The Morgan fingerprint density at radius 2 is 1.89 bits per heavy atom. The van der Waals surface area contributed by atoms with Crippen LogP contribution in [-0.4, -0.2) is 53.7 Å². The summed E-state index contributed by atoms with van der Waals surface area (Å²) in [5, 5.41) is 9.30. The van der Waals surface area contributed by atoms with Crippen molar-refractivity contribution in [2.75, 3.05) is 29.4 Å². The molecule has 2 amide bonds. The molecule has 3 aliphatic rings. The van der Waals surface area contributed by atoms with Crippen LogP contribution in [0, 0.1) is 11.8 Å². The van der Waals surface area contributed by atoms with E-state index in [4.69, 9.17) is 5.73 Å². The highest BCUT2D eigenvalue weighted by Crippen LogP contribution is 2.49. The van der Waals surface area contributed by atoms with Crippen LogP contribution in [0.1, 0.15) is 45.2 Å². The van der Waals surface area contributed by atoms with Crippen molar-refractivity contribution in [3.8, 4) is 0 Å². The monoisotopic (exact) mass is 386 g/mol. The second-order valence-electron chi connectivity index (χ2n) is 8.62. The summed E-state index contributed by atoms with van der Waals surface area (Å²) in [5.74, 6) is 0.845. The molecule has 2 heterocycles. The zero-order valence-electron chi connectivity index (χ0n) is 16.8. The number of hydrogen-bond donors (Lipinski definition) is 2. The number of fused-ring (bicyclic) bond motifs is 1. The highest BCUT2D eigenvalue weighted by Gasteiger charge is 2.46. The van der Waals surface area contributed by atoms with Crippen molar-refractivity contribution in [3.63, 3.8) is 0 Å². The minimum atomic E-state index is -0.864. The molecule has 1 saturated carbocycles. The van der Waals surface area contributed by atoms with E-state index >= 15 is 0 Å². The van der Waals surface area contributed by atoms with Crippen LogP contribution in [0.3, 0.4) is 0 Å². The number of rotatable bonds is 2. The molecule has 7 nitrogen and oxygen atoms in total. The topological polar surface area (TPSA) is 90.1 Å². The Morgan fingerprint density at radius 1 is 1.18 bits per heavy atom. The van der Waals surface area contributed by atoms with Gasteiger partial charge in [-0.15, -0.1) is 0 Å². The largest absolute Gasteiger partial charge is 0.465 e. The number of amides is 2. The van der Waals surface area contributed by atoms with Gasteiger partial charge in [0.05, 0.1) is 0 Å². The van der Waals surface area contributed by atoms with Gasteiger partial charge in [-0.2, -0.15) is 0 Å². The molecule has 4 unspecified atom stereocenters. The number of carboxylic acid groups (broad SMARTS) is 1. The molecule has 4 atom stereocenters. The summed E-state index contributed by atoms with van der Waals surface area (Å²) in [6.07, 6.45) is 1.48. The van der Waals surface area contributed by atoms with Gasteiger partial charge in [0, 0.05) is 56.1 Å². The molecule has 1 saturated heterocycles. The summed E-state index contributed by atoms with van der Waals surface area (Å²) in [6, 6.07) is 6.20. The Labute approximate surface area is 166 Å². The number of piperazine rings is 1. The Hall–Kier alpha value is -2.28. The molecule has 1 aliphatic carbocycles. The fourth-order valence-electron chi connectivity index (χ4n) is 5.05. The van der Waals surface area contributed by atoms with Crippen LogP contribution in [0.2, 0.25) is 0 Å². The highest BCUT2D eigenvalue weighted by atomic mass is 16.4. The van der Waals surface area contributed by atoms with E-state index in [0.29, 0.717) is 25.6 Å². The van der Waals surface area contributed by atoms with Gasteiger partial charge in [0.25, 0.3) is 0 Å². The summed E-state index contributed by atoms with van der Waals surface area (Å²) >= 11 is 0. The third kappa shape index (κ3) is 3.11. The number of nitrogens with zero attached hydrogens (tertiary/aromatic N) is 3. The number of hydrogen-bond acceptors (Lipinski definition) is 4. The Kier molecular flexibility index (Phi) is 4.73. The zero-order chi connectivity index (χ0) is 20.2. The van der Waals surface area contributed by atoms with Crippen LogP contribution < -0.4 is 15.5 Å². The van der Waals surface area contributed by atoms with Crippen molar-refractivity contribution in [2.45, 2.75) is 51.7 Å². The van der Waals surface area contributed by atoms with Crippen LogP contribution >= 0.6 is 0 Å². The lowest BCUT2D eigenvalue weighted by Gasteiger charge is -2.45. The van der Waals surface area contributed by atoms with Gasteiger partial charge in [-0.3, -0.25) is 4.79 Å². The predicted molar refractivity (Wildman–Crippen MR) is 109 cm³/mol. The number of nitrogens with two attached hydrogens (primary N) is 1. The van der Waals surface area contributed by atoms with Gasteiger partial charge in [0.2, 0.25) is 5.91 Å². The lowest BCUT2D eigenvalue weighted by atomic mass is 9.80. The van der Waals surface area contributed by atoms with Crippen LogP contribution in [-0.2, 0) is 4.79 Å². The molecule has 2 fully saturated rings. The van der Waals surface area contributed by atoms with Gasteiger partial charge in [-0.05, 0) is 55.4 Å². The average Bonchev–Trinajstić information content (AvgIpc) is 3.48. The van der Waals surface area contributed by atoms with Crippen LogP contribution in [0.4, 0.5) is 16.2 Å². The molecule has 1 aromatic rings. The van der Waals surface area contributed by atoms with Gasteiger partial charge in [-0.1, -0.05) is 6.92 Å². The SMILES string of the molecule is CC(=O)N1c2ccc(N3CCN(C(=O)O)C(C)C3)cc2C(N)C(C)C1C1CC1. The quantitative estimate of drug-likeness (QED) is 0.816. The van der Waals surface area contributed by atoms with E-state index in [2.05, 4.69) is 17.9 Å². The maximum atomic E-state index is 12.5. The molecular weight excluding hydrogens is 356 g/mol. The maximum absolute atomic E-state index is 12.5. The summed E-state index contributed by atoms with van der Waals surface area (Å²) in [6.45, 7) is 7.53. The van der Waals surface area contributed by atoms with Crippen molar-refractivity contribution in [1.82, 2.24) is 4.90 Å². The number of anilines is 2. The van der Waals surface area contributed by atoms with E-state index in [1.807, 2.05) is 24.0 Å². The van der Waals surface area contributed by atoms with Crippen LogP contribution in [0.5, 0.6) is 0 Å². The Balaban J connectivity index is 1.65. The van der Waals surface area contributed by atoms with Gasteiger partial charge >= 0.3 is 6.09 Å². The molecule has 0 spiro atoms. The maximum Gasteiger partial charge on any atom is 0.407 e. The van der Waals surface area contributed by atoms with E-state index < -0.39 is 6.09 Å². The summed E-state index contributed by atoms with van der Waals surface area (Å²) in [4.78, 5) is 29.5. The number of carbonyl (C=O) groups excluding carboxylic acids is 1. The zero-order valence-corrected chi connectivity index (χ0v) is 16.8. The van der Waals surface area contributed by atoms with Crippen LogP contribution in [0.25, 0.3) is 0 Å². The molecule has 4 rings (SSSR count). The van der Waals surface area contributed by atoms with Crippen molar-refractivity contribution < 1.29 is 14.7 Å². The van der Waals surface area contributed by atoms with Gasteiger partial charge < -0.3 is 25.5 Å². The first-order chi connectivity index (χ1) is 13.3. The summed E-state index contributed by atoms with van der Waals surface area (Å²) in [7, 11) is 0. The molecule has 7 heteroatoms. The second kappa shape index (κ2) is 6.95. The third-order valence-corrected chi connectivity index (χ3v) is 6.72. The van der Waals surface area contributed by atoms with Gasteiger partial charge in [-0.25, -0.2) is 4.79 Å². The molecule has 2 aliphatic heterocycles. The van der Waals surface area contributed by atoms with E-state index in [1.165, 1.54) is 17.7 Å². The van der Waals surface area contributed by atoms with Gasteiger partial charge in [0.1, 0.15) is 0 Å². The van der Waals surface area contributed by atoms with E-state index in [0.717, 1.165) is 16.9 Å². The van der Waals surface area contributed by atoms with Crippen molar-refractivity contribution in [3.05, 3.63) is 23.8 Å². The lowest BCUT2D eigenvalue weighted by molar-refractivity contribution is -0.117. The van der Waals surface area contributed by atoms with Crippen molar-refractivity contribution in [2.24, 2.45) is 17.6 Å². The molecule has 0 aromatic heterocycles. The summed E-state index contributed by atoms with van der Waals surface area (Å²) in [5.41, 5.74) is 9.66. The molecule has 3 N–H and O–H groups in total. The van der Waals surface area contributed by atoms with Crippen molar-refractivity contribution in [1.29, 1.82) is 0 Å². The minimum Gasteiger partial charge on any atom is -0.465 e. The Morgan fingerprint density at radius 3 is 2.46 bits per heavy atom. The highest BCUT2D eigenvalue weighted by molar-refractivity contribution is 5.94. The fraction of sp³-hybridized carbons (Fsp3) is 0.619. The standard InChI is InChI=1S/C21H30N4O3/c1-12-11-23(8-9-24(12)21(27)28)16-6-7-18-17(10-16)19(22)13(2)20(15-4-5-15)25(18)14(3)26/h6-7,10,12-13,15,19-20H,4-5,8-9,11,22H2,1-3H3,(H,27,28). The molecule has 152 valence electrons. The van der Waals surface area contributed by atoms with Gasteiger partial charge in [0.15, 0.2) is 0 Å². The summed E-state index contributed by atoms with van der Waals surface area (Å²) < 4.78 is 0. The fourth-order valence-corrected chi connectivity index (χ4v) is 5.05. The van der Waals surface area contributed by atoms with Crippen molar-refractivity contribution >= 4 is 23.4 Å². The first-order valence-corrected chi connectivity index (χ1v) is 10.2. The smallest absolute Gasteiger partial charge is 0.407 e. The number of carbonyl (C=O) groups is 2.